The van der Waals surface area contributed by atoms with Gasteiger partial charge in [0.1, 0.15) is 6.54 Å². The van der Waals surface area contributed by atoms with Crippen LogP contribution in [-0.4, -0.2) is 25.5 Å². The first-order chi connectivity index (χ1) is 10.8. The van der Waals surface area contributed by atoms with Crippen molar-refractivity contribution < 1.29 is 18.0 Å². The number of nitrogens with zero attached hydrogens (tertiary/aromatic N) is 4. The number of anilines is 1. The quantitative estimate of drug-likeness (QED) is 0.925. The lowest BCUT2D eigenvalue weighted by Crippen LogP contribution is -2.21. The van der Waals surface area contributed by atoms with Gasteiger partial charge in [0, 0.05) is 25.2 Å². The molecule has 0 saturated heterocycles. The van der Waals surface area contributed by atoms with Gasteiger partial charge in [-0.15, -0.1) is 0 Å². The van der Waals surface area contributed by atoms with Gasteiger partial charge in [0.05, 0.1) is 10.7 Å². The fraction of sp³-hybridized carbons (Fsp3) is 0.462. The third kappa shape index (κ3) is 3.34. The van der Waals surface area contributed by atoms with E-state index >= 15 is 0 Å². The minimum Gasteiger partial charge on any atom is -0.308 e. The molecule has 10 heteroatoms. The van der Waals surface area contributed by atoms with Gasteiger partial charge in [-0.2, -0.15) is 23.4 Å². The first-order valence-electron chi connectivity index (χ1n) is 6.88. The fourth-order valence-electron chi connectivity index (χ4n) is 2.30. The number of amides is 1. The minimum atomic E-state index is -4.65. The number of hydrogen-bond donors (Lipinski definition) is 1. The van der Waals surface area contributed by atoms with Crippen molar-refractivity contribution in [2.45, 2.75) is 31.5 Å². The normalized spacial score (nSPS) is 15.0. The molecule has 2 aromatic heterocycles. The largest absolute Gasteiger partial charge is 0.436 e. The number of aryl methyl sites for hydroxylation is 1. The molecule has 1 fully saturated rings. The molecule has 3 rings (SSSR count). The lowest BCUT2D eigenvalue weighted by atomic mass is 10.2. The number of nitrogens with one attached hydrogen (secondary N) is 1. The topological polar surface area (TPSA) is 64.7 Å². The number of carbonyl (C=O) groups excluding carboxylic acids is 1. The molecule has 0 aromatic carbocycles. The molecule has 2 aromatic rings. The maximum atomic E-state index is 12.9. The van der Waals surface area contributed by atoms with E-state index in [9.17, 15) is 18.0 Å². The van der Waals surface area contributed by atoms with E-state index in [4.69, 9.17) is 11.6 Å². The van der Waals surface area contributed by atoms with Crippen LogP contribution in [0.5, 0.6) is 0 Å². The van der Waals surface area contributed by atoms with Crippen molar-refractivity contribution in [2.24, 2.45) is 7.05 Å². The number of alkyl halides is 3. The predicted molar refractivity (Wildman–Crippen MR) is 76.1 cm³/mol. The summed E-state index contributed by atoms with van der Waals surface area (Å²) < 4.78 is 41.4. The zero-order chi connectivity index (χ0) is 16.8. The lowest BCUT2D eigenvalue weighted by Gasteiger charge is -2.06. The Morgan fingerprint density at radius 3 is 2.65 bits per heavy atom. The zero-order valence-electron chi connectivity index (χ0n) is 12.1. The number of hydrogen-bond acceptors (Lipinski definition) is 3. The molecule has 0 unspecified atom stereocenters. The van der Waals surface area contributed by atoms with Crippen LogP contribution in [0.4, 0.5) is 19.0 Å². The van der Waals surface area contributed by atoms with Crippen LogP contribution in [0.2, 0.25) is 5.02 Å². The van der Waals surface area contributed by atoms with Crippen LogP contribution >= 0.6 is 11.6 Å². The van der Waals surface area contributed by atoms with Gasteiger partial charge in [-0.05, 0) is 12.8 Å². The van der Waals surface area contributed by atoms with Gasteiger partial charge >= 0.3 is 6.18 Å². The van der Waals surface area contributed by atoms with E-state index < -0.39 is 22.8 Å². The third-order valence-corrected chi connectivity index (χ3v) is 3.81. The van der Waals surface area contributed by atoms with Crippen LogP contribution < -0.4 is 5.32 Å². The van der Waals surface area contributed by atoms with Crippen molar-refractivity contribution >= 4 is 23.3 Å². The molecule has 0 aliphatic heterocycles. The van der Waals surface area contributed by atoms with E-state index in [2.05, 4.69) is 15.5 Å². The van der Waals surface area contributed by atoms with Gasteiger partial charge in [-0.3, -0.25) is 14.2 Å². The number of halogens is 4. The Morgan fingerprint density at radius 2 is 2.13 bits per heavy atom. The molecular weight excluding hydrogens is 335 g/mol. The highest BCUT2D eigenvalue weighted by Gasteiger charge is 2.42. The second kappa shape index (κ2) is 5.55. The summed E-state index contributed by atoms with van der Waals surface area (Å²) in [4.78, 5) is 12.0. The van der Waals surface area contributed by atoms with Gasteiger partial charge in [0.2, 0.25) is 5.91 Å². The Hall–Kier alpha value is -2.03. The van der Waals surface area contributed by atoms with E-state index in [-0.39, 0.29) is 18.2 Å². The molecule has 124 valence electrons. The van der Waals surface area contributed by atoms with Crippen molar-refractivity contribution in [3.63, 3.8) is 0 Å². The molecule has 1 N–H and O–H groups in total. The second-order valence-corrected chi connectivity index (χ2v) is 5.78. The molecule has 23 heavy (non-hydrogen) atoms. The summed E-state index contributed by atoms with van der Waals surface area (Å²) in [6.07, 6.45) is -1.53. The van der Waals surface area contributed by atoms with E-state index in [0.29, 0.717) is 5.82 Å². The lowest BCUT2D eigenvalue weighted by molar-refractivity contribution is -0.141. The van der Waals surface area contributed by atoms with Gasteiger partial charge in [0.15, 0.2) is 11.5 Å². The van der Waals surface area contributed by atoms with Crippen molar-refractivity contribution in [3.05, 3.63) is 28.7 Å². The van der Waals surface area contributed by atoms with E-state index in [1.807, 2.05) is 0 Å². The monoisotopic (exact) mass is 347 g/mol. The molecule has 2 heterocycles. The number of rotatable bonds is 4. The first-order valence-corrected chi connectivity index (χ1v) is 7.26. The standard InChI is InChI=1S/C13H13ClF3N5O/c1-21-5-4-8(19-21)18-9(23)6-22-11(7-2-3-7)10(14)12(20-22)13(15,16)17/h4-5,7H,2-3,6H2,1H3,(H,18,19,23). The highest BCUT2D eigenvalue weighted by molar-refractivity contribution is 6.32. The first kappa shape index (κ1) is 15.9. The molecule has 1 aliphatic rings. The minimum absolute atomic E-state index is 0.0752. The van der Waals surface area contributed by atoms with E-state index in [1.165, 1.54) is 4.68 Å². The Labute approximate surface area is 134 Å². The smallest absolute Gasteiger partial charge is 0.308 e. The molecule has 1 saturated carbocycles. The second-order valence-electron chi connectivity index (χ2n) is 5.40. The van der Waals surface area contributed by atoms with Gasteiger partial charge < -0.3 is 5.32 Å². The maximum Gasteiger partial charge on any atom is 0.436 e. The molecule has 1 amide bonds. The summed E-state index contributed by atoms with van der Waals surface area (Å²) >= 11 is 5.85. The summed E-state index contributed by atoms with van der Waals surface area (Å²) in [5.74, 6) is -0.271. The average Bonchev–Trinajstić information content (AvgIpc) is 3.09. The SMILES string of the molecule is Cn1ccc(NC(=O)Cn2nc(C(F)(F)F)c(Cl)c2C2CC2)n1. The van der Waals surface area contributed by atoms with Gasteiger partial charge in [0.25, 0.3) is 0 Å². The Kier molecular flexibility index (Phi) is 3.83. The zero-order valence-corrected chi connectivity index (χ0v) is 12.8. The van der Waals surface area contributed by atoms with Crippen LogP contribution in [0, 0.1) is 0 Å². The van der Waals surface area contributed by atoms with E-state index in [0.717, 1.165) is 17.5 Å². The predicted octanol–water partition coefficient (Wildman–Crippen LogP) is 2.80. The van der Waals surface area contributed by atoms with Crippen molar-refractivity contribution in [2.75, 3.05) is 5.32 Å². The highest BCUT2D eigenvalue weighted by atomic mass is 35.5. The van der Waals surface area contributed by atoms with Gasteiger partial charge in [-0.25, -0.2) is 0 Å². The van der Waals surface area contributed by atoms with Crippen molar-refractivity contribution in [1.29, 1.82) is 0 Å². The van der Waals surface area contributed by atoms with Crippen molar-refractivity contribution in [1.82, 2.24) is 19.6 Å². The molecule has 0 atom stereocenters. The molecule has 6 nitrogen and oxygen atoms in total. The number of aromatic nitrogens is 4. The third-order valence-electron chi connectivity index (χ3n) is 3.44. The molecular formula is C13H13ClF3N5O. The van der Waals surface area contributed by atoms with Crippen LogP contribution in [0.25, 0.3) is 0 Å². The van der Waals surface area contributed by atoms with Crippen LogP contribution in [0.1, 0.15) is 30.1 Å². The summed E-state index contributed by atoms with van der Waals surface area (Å²) in [5, 5.41) is 9.57. The van der Waals surface area contributed by atoms with Crippen LogP contribution in [0.15, 0.2) is 12.3 Å². The summed E-state index contributed by atoms with van der Waals surface area (Å²) in [6.45, 7) is -0.349. The van der Waals surface area contributed by atoms with E-state index in [1.54, 1.807) is 19.3 Å². The van der Waals surface area contributed by atoms with Crippen molar-refractivity contribution in [3.8, 4) is 0 Å². The van der Waals surface area contributed by atoms with Crippen LogP contribution in [0.3, 0.4) is 0 Å². The summed E-state index contributed by atoms with van der Waals surface area (Å²) in [6, 6.07) is 1.58. The Balaban J connectivity index is 1.83. The molecule has 0 spiro atoms. The highest BCUT2D eigenvalue weighted by Crippen LogP contribution is 2.46. The fourth-order valence-corrected chi connectivity index (χ4v) is 2.70. The summed E-state index contributed by atoms with van der Waals surface area (Å²) in [5.41, 5.74) is -0.873. The Morgan fingerprint density at radius 1 is 1.43 bits per heavy atom. The summed E-state index contributed by atoms with van der Waals surface area (Å²) in [7, 11) is 1.68. The van der Waals surface area contributed by atoms with Gasteiger partial charge in [-0.1, -0.05) is 11.6 Å². The average molecular weight is 348 g/mol. The molecule has 1 aliphatic carbocycles. The number of carbonyl (C=O) groups is 1. The molecule has 0 bridgehead atoms. The molecule has 0 radical (unpaired) electrons. The van der Waals surface area contributed by atoms with Crippen LogP contribution in [-0.2, 0) is 24.6 Å². The maximum absolute atomic E-state index is 12.9. The Bertz CT molecular complexity index is 747.